The van der Waals surface area contributed by atoms with Gasteiger partial charge in [0, 0.05) is 42.6 Å². The normalized spacial score (nSPS) is 15.4. The van der Waals surface area contributed by atoms with Crippen LogP contribution in [-0.4, -0.2) is 66.1 Å². The van der Waals surface area contributed by atoms with Crippen molar-refractivity contribution in [3.8, 4) is 5.75 Å². The Hall–Kier alpha value is -2.41. The predicted octanol–water partition coefficient (Wildman–Crippen LogP) is 4.69. The fourth-order valence-corrected chi connectivity index (χ4v) is 4.26. The Balaban J connectivity index is 1.24. The molecule has 0 bridgehead atoms. The SMILES string of the molecule is CN(C)CCCOc1ccc(CN2CCC(Nc3ncnc4ccc(Cl)cc34)CC2)cc1. The molecule has 3 aromatic rings. The van der Waals surface area contributed by atoms with Crippen LogP contribution < -0.4 is 10.1 Å². The van der Waals surface area contributed by atoms with Crippen molar-refractivity contribution < 1.29 is 4.74 Å². The number of nitrogens with one attached hydrogen (secondary N) is 1. The van der Waals surface area contributed by atoms with Gasteiger partial charge in [0.2, 0.25) is 0 Å². The molecule has 1 N–H and O–H groups in total. The summed E-state index contributed by atoms with van der Waals surface area (Å²) >= 11 is 6.18. The summed E-state index contributed by atoms with van der Waals surface area (Å²) in [5.74, 6) is 1.82. The number of likely N-dealkylation sites (tertiary alicyclic amines) is 1. The van der Waals surface area contributed by atoms with Gasteiger partial charge in [-0.25, -0.2) is 9.97 Å². The molecule has 1 aliphatic heterocycles. The number of piperidine rings is 1. The minimum Gasteiger partial charge on any atom is -0.494 e. The third kappa shape index (κ3) is 6.31. The minimum atomic E-state index is 0.404. The summed E-state index contributed by atoms with van der Waals surface area (Å²) in [7, 11) is 4.17. The highest BCUT2D eigenvalue weighted by Crippen LogP contribution is 2.25. The summed E-state index contributed by atoms with van der Waals surface area (Å²) < 4.78 is 5.84. The van der Waals surface area contributed by atoms with Crippen molar-refractivity contribution >= 4 is 28.3 Å². The van der Waals surface area contributed by atoms with Gasteiger partial charge in [0.05, 0.1) is 12.1 Å². The minimum absolute atomic E-state index is 0.404. The molecule has 1 aromatic heterocycles. The monoisotopic (exact) mass is 453 g/mol. The van der Waals surface area contributed by atoms with E-state index >= 15 is 0 Å². The number of rotatable bonds is 9. The zero-order chi connectivity index (χ0) is 22.3. The summed E-state index contributed by atoms with van der Waals surface area (Å²) in [5, 5.41) is 5.30. The first-order valence-electron chi connectivity index (χ1n) is 11.3. The van der Waals surface area contributed by atoms with Crippen molar-refractivity contribution in [1.29, 1.82) is 0 Å². The van der Waals surface area contributed by atoms with E-state index in [0.29, 0.717) is 11.1 Å². The maximum atomic E-state index is 6.18. The average Bonchev–Trinajstić information content (AvgIpc) is 2.79. The Morgan fingerprint density at radius 3 is 2.62 bits per heavy atom. The second-order valence-electron chi connectivity index (χ2n) is 8.73. The lowest BCUT2D eigenvalue weighted by Gasteiger charge is -2.32. The molecule has 1 saturated heterocycles. The van der Waals surface area contributed by atoms with Crippen LogP contribution in [0, 0.1) is 0 Å². The fraction of sp³-hybridized carbons (Fsp3) is 0.440. The third-order valence-electron chi connectivity index (χ3n) is 5.87. The lowest BCUT2D eigenvalue weighted by atomic mass is 10.0. The molecule has 0 saturated carbocycles. The Morgan fingerprint density at radius 1 is 1.09 bits per heavy atom. The molecule has 2 aromatic carbocycles. The van der Waals surface area contributed by atoms with E-state index in [0.717, 1.165) is 74.5 Å². The van der Waals surface area contributed by atoms with E-state index < -0.39 is 0 Å². The predicted molar refractivity (Wildman–Crippen MR) is 132 cm³/mol. The quantitative estimate of drug-likeness (QED) is 0.474. The standard InChI is InChI=1S/C25H32ClN5O/c1-30(2)12-3-15-32-22-7-4-19(5-8-22)17-31-13-10-21(11-14-31)29-25-23-16-20(26)6-9-24(23)27-18-28-25/h4-9,16,18,21H,3,10-15,17H2,1-2H3,(H,27,28,29). The second kappa shape index (κ2) is 10.9. The van der Waals surface area contributed by atoms with Crippen LogP contribution in [0.25, 0.3) is 10.9 Å². The number of anilines is 1. The molecule has 0 spiro atoms. The Kier molecular flexibility index (Phi) is 7.79. The van der Waals surface area contributed by atoms with E-state index in [2.05, 4.69) is 63.4 Å². The van der Waals surface area contributed by atoms with Gasteiger partial charge in [0.1, 0.15) is 17.9 Å². The fourth-order valence-electron chi connectivity index (χ4n) is 4.09. The lowest BCUT2D eigenvalue weighted by molar-refractivity contribution is 0.211. The van der Waals surface area contributed by atoms with E-state index in [9.17, 15) is 0 Å². The van der Waals surface area contributed by atoms with Gasteiger partial charge in [-0.15, -0.1) is 0 Å². The smallest absolute Gasteiger partial charge is 0.137 e. The summed E-state index contributed by atoms with van der Waals surface area (Å²) in [6, 6.07) is 14.7. The molecular formula is C25H32ClN5O. The van der Waals surface area contributed by atoms with Crippen LogP contribution in [0.15, 0.2) is 48.8 Å². The van der Waals surface area contributed by atoms with Crippen LogP contribution in [0.3, 0.4) is 0 Å². The third-order valence-corrected chi connectivity index (χ3v) is 6.11. The summed E-state index contributed by atoms with van der Waals surface area (Å²) in [4.78, 5) is 13.5. The molecule has 0 aliphatic carbocycles. The molecular weight excluding hydrogens is 422 g/mol. The first-order chi connectivity index (χ1) is 15.6. The van der Waals surface area contributed by atoms with Crippen molar-refractivity contribution in [2.75, 3.05) is 45.7 Å². The van der Waals surface area contributed by atoms with Gasteiger partial charge in [-0.2, -0.15) is 0 Å². The molecule has 4 rings (SSSR count). The molecule has 0 radical (unpaired) electrons. The number of nitrogens with zero attached hydrogens (tertiary/aromatic N) is 4. The van der Waals surface area contributed by atoms with Crippen molar-refractivity contribution in [3.63, 3.8) is 0 Å². The van der Waals surface area contributed by atoms with Crippen LogP contribution in [0.2, 0.25) is 5.02 Å². The van der Waals surface area contributed by atoms with Gasteiger partial charge < -0.3 is 15.0 Å². The molecule has 0 unspecified atom stereocenters. The molecule has 0 atom stereocenters. The van der Waals surface area contributed by atoms with E-state index in [-0.39, 0.29) is 0 Å². The van der Waals surface area contributed by atoms with E-state index in [4.69, 9.17) is 16.3 Å². The number of hydrogen-bond acceptors (Lipinski definition) is 6. The highest BCUT2D eigenvalue weighted by atomic mass is 35.5. The van der Waals surface area contributed by atoms with Crippen molar-refractivity contribution in [2.24, 2.45) is 0 Å². The van der Waals surface area contributed by atoms with E-state index in [1.54, 1.807) is 6.33 Å². The Labute approximate surface area is 195 Å². The largest absolute Gasteiger partial charge is 0.494 e. The van der Waals surface area contributed by atoms with Crippen molar-refractivity contribution in [2.45, 2.75) is 31.8 Å². The highest BCUT2D eigenvalue weighted by Gasteiger charge is 2.20. The summed E-state index contributed by atoms with van der Waals surface area (Å²) in [6.45, 7) is 4.89. The molecule has 1 fully saturated rings. The van der Waals surface area contributed by atoms with Gasteiger partial charge in [-0.3, -0.25) is 4.90 Å². The first-order valence-corrected chi connectivity index (χ1v) is 11.7. The molecule has 1 aliphatic rings. The first kappa shape index (κ1) is 22.8. The Morgan fingerprint density at radius 2 is 1.88 bits per heavy atom. The second-order valence-corrected chi connectivity index (χ2v) is 9.16. The lowest BCUT2D eigenvalue weighted by Crippen LogP contribution is -2.38. The molecule has 0 amide bonds. The van der Waals surface area contributed by atoms with Gasteiger partial charge in [0.25, 0.3) is 0 Å². The van der Waals surface area contributed by atoms with Crippen molar-refractivity contribution in [3.05, 3.63) is 59.4 Å². The molecule has 7 heteroatoms. The zero-order valence-electron chi connectivity index (χ0n) is 18.9. The summed E-state index contributed by atoms with van der Waals surface area (Å²) in [6.07, 6.45) is 4.82. The number of ether oxygens (including phenoxy) is 1. The van der Waals surface area contributed by atoms with Crippen LogP contribution in [0.5, 0.6) is 5.75 Å². The summed E-state index contributed by atoms with van der Waals surface area (Å²) in [5.41, 5.74) is 2.24. The molecule has 170 valence electrons. The number of fused-ring (bicyclic) bond motifs is 1. The zero-order valence-corrected chi connectivity index (χ0v) is 19.7. The Bertz CT molecular complexity index is 1000. The maximum absolute atomic E-state index is 6.18. The number of halogens is 1. The van der Waals surface area contributed by atoms with Gasteiger partial charge in [-0.1, -0.05) is 23.7 Å². The number of benzene rings is 2. The molecule has 32 heavy (non-hydrogen) atoms. The van der Waals surface area contributed by atoms with Gasteiger partial charge in [-0.05, 0) is 69.3 Å². The van der Waals surface area contributed by atoms with Gasteiger partial charge in [0.15, 0.2) is 0 Å². The van der Waals surface area contributed by atoms with Crippen LogP contribution >= 0.6 is 11.6 Å². The van der Waals surface area contributed by atoms with Crippen LogP contribution in [0.1, 0.15) is 24.8 Å². The van der Waals surface area contributed by atoms with E-state index in [1.807, 2.05) is 18.2 Å². The number of hydrogen-bond donors (Lipinski definition) is 1. The maximum Gasteiger partial charge on any atom is 0.137 e. The van der Waals surface area contributed by atoms with Crippen molar-refractivity contribution in [1.82, 2.24) is 19.8 Å². The average molecular weight is 454 g/mol. The van der Waals surface area contributed by atoms with Crippen LogP contribution in [0.4, 0.5) is 5.82 Å². The highest BCUT2D eigenvalue weighted by molar-refractivity contribution is 6.31. The number of aromatic nitrogens is 2. The molecule has 6 nitrogen and oxygen atoms in total. The molecule has 2 heterocycles. The van der Waals surface area contributed by atoms with E-state index in [1.165, 1.54) is 5.56 Å². The van der Waals surface area contributed by atoms with Gasteiger partial charge >= 0.3 is 0 Å². The topological polar surface area (TPSA) is 53.5 Å². The van der Waals surface area contributed by atoms with Crippen LogP contribution in [-0.2, 0) is 6.54 Å².